The van der Waals surface area contributed by atoms with Gasteiger partial charge in [-0.3, -0.25) is 9.59 Å². The second-order valence-corrected chi connectivity index (χ2v) is 6.72. The highest BCUT2D eigenvalue weighted by molar-refractivity contribution is 5.88. The number of halogens is 2. The lowest BCUT2D eigenvalue weighted by molar-refractivity contribution is -0.140. The average Bonchev–Trinajstić information content (AvgIpc) is 2.61. The number of carbonyl (C=O) groups excluding carboxylic acids is 2. The van der Waals surface area contributed by atoms with Gasteiger partial charge in [-0.25, -0.2) is 8.78 Å². The predicted molar refractivity (Wildman–Crippen MR) is 99.8 cm³/mol. The van der Waals surface area contributed by atoms with Gasteiger partial charge in [0.2, 0.25) is 11.8 Å². The molecule has 1 unspecified atom stereocenters. The lowest BCUT2D eigenvalue weighted by atomic mass is 10.1. The first-order valence-corrected chi connectivity index (χ1v) is 8.86. The minimum Gasteiger partial charge on any atom is -0.352 e. The monoisotopic (exact) mass is 374 g/mol. The number of nitrogens with one attached hydrogen (secondary N) is 1. The van der Waals surface area contributed by atoms with E-state index in [4.69, 9.17) is 0 Å². The highest BCUT2D eigenvalue weighted by Gasteiger charge is 2.27. The van der Waals surface area contributed by atoms with Gasteiger partial charge in [-0.1, -0.05) is 36.4 Å². The van der Waals surface area contributed by atoms with Gasteiger partial charge in [-0.05, 0) is 38.5 Å². The van der Waals surface area contributed by atoms with Crippen LogP contribution in [0.4, 0.5) is 8.78 Å². The van der Waals surface area contributed by atoms with Crippen LogP contribution in [0, 0.1) is 11.6 Å². The fourth-order valence-electron chi connectivity index (χ4n) is 2.70. The molecule has 0 radical (unpaired) electrons. The summed E-state index contributed by atoms with van der Waals surface area (Å²) in [4.78, 5) is 26.6. The number of hydrogen-bond donors (Lipinski definition) is 1. The zero-order chi connectivity index (χ0) is 20.0. The van der Waals surface area contributed by atoms with Gasteiger partial charge in [-0.2, -0.15) is 0 Å². The summed E-state index contributed by atoms with van der Waals surface area (Å²) < 4.78 is 28.0. The van der Waals surface area contributed by atoms with Crippen LogP contribution < -0.4 is 5.32 Å². The molecule has 1 atom stereocenters. The third kappa shape index (κ3) is 5.61. The Morgan fingerprint density at radius 2 is 1.44 bits per heavy atom. The number of hydrogen-bond acceptors (Lipinski definition) is 2. The molecular formula is C21H24F2N2O2. The highest BCUT2D eigenvalue weighted by Crippen LogP contribution is 2.16. The fraction of sp³-hybridized carbons (Fsp3) is 0.333. The van der Waals surface area contributed by atoms with Crippen molar-refractivity contribution in [3.63, 3.8) is 0 Å². The predicted octanol–water partition coefficient (Wildman–Crippen LogP) is 3.45. The molecule has 2 amide bonds. The van der Waals surface area contributed by atoms with E-state index in [-0.39, 0.29) is 30.5 Å². The quantitative estimate of drug-likeness (QED) is 0.807. The maximum Gasteiger partial charge on any atom is 0.242 e. The first kappa shape index (κ1) is 20.6. The Kier molecular flexibility index (Phi) is 7.05. The average molecular weight is 374 g/mol. The molecule has 0 heterocycles. The smallest absolute Gasteiger partial charge is 0.242 e. The van der Waals surface area contributed by atoms with Crippen LogP contribution >= 0.6 is 0 Å². The molecule has 6 heteroatoms. The molecule has 0 spiro atoms. The van der Waals surface area contributed by atoms with Crippen LogP contribution in [-0.2, 0) is 22.6 Å². The minimum atomic E-state index is -0.828. The van der Waals surface area contributed by atoms with E-state index >= 15 is 0 Å². The number of amides is 2. The van der Waals surface area contributed by atoms with Crippen molar-refractivity contribution in [2.24, 2.45) is 0 Å². The number of benzene rings is 2. The van der Waals surface area contributed by atoms with Gasteiger partial charge >= 0.3 is 0 Å². The molecule has 0 saturated carbocycles. The summed E-state index contributed by atoms with van der Waals surface area (Å²) in [7, 11) is 0. The van der Waals surface area contributed by atoms with E-state index in [1.54, 1.807) is 37.3 Å². The Morgan fingerprint density at radius 1 is 0.926 bits per heavy atom. The topological polar surface area (TPSA) is 49.4 Å². The van der Waals surface area contributed by atoms with Gasteiger partial charge in [0.1, 0.15) is 17.7 Å². The van der Waals surface area contributed by atoms with Gasteiger partial charge in [-0.15, -0.1) is 0 Å². The fourth-order valence-corrected chi connectivity index (χ4v) is 2.70. The largest absolute Gasteiger partial charge is 0.352 e. The van der Waals surface area contributed by atoms with Crippen molar-refractivity contribution in [3.05, 3.63) is 71.3 Å². The molecule has 0 bridgehead atoms. The van der Waals surface area contributed by atoms with Gasteiger partial charge in [0.25, 0.3) is 0 Å². The molecular weight excluding hydrogens is 350 g/mol. The van der Waals surface area contributed by atoms with E-state index < -0.39 is 23.6 Å². The van der Waals surface area contributed by atoms with Crippen molar-refractivity contribution < 1.29 is 18.4 Å². The zero-order valence-electron chi connectivity index (χ0n) is 15.7. The molecule has 2 aromatic rings. The summed E-state index contributed by atoms with van der Waals surface area (Å²) in [5, 5.41) is 2.75. The molecule has 27 heavy (non-hydrogen) atoms. The van der Waals surface area contributed by atoms with Crippen LogP contribution in [0.15, 0.2) is 48.5 Å². The summed E-state index contributed by atoms with van der Waals surface area (Å²) in [5.41, 5.74) is 0.529. The molecule has 0 fully saturated rings. The Hall–Kier alpha value is -2.76. The molecule has 2 rings (SSSR count). The number of carbonyl (C=O) groups is 2. The van der Waals surface area contributed by atoms with Crippen LogP contribution in [0.2, 0.25) is 0 Å². The van der Waals surface area contributed by atoms with E-state index in [0.29, 0.717) is 5.56 Å². The SMILES string of the molecule is CC(C)NC(=O)C(C)N(Cc1ccccc1F)C(=O)Cc1ccccc1F. The number of rotatable bonds is 7. The second kappa shape index (κ2) is 9.26. The van der Waals surface area contributed by atoms with Crippen LogP contribution in [0.25, 0.3) is 0 Å². The Morgan fingerprint density at radius 3 is 1.96 bits per heavy atom. The Bertz CT molecular complexity index is 808. The summed E-state index contributed by atoms with van der Waals surface area (Å²) in [6.07, 6.45) is -0.208. The van der Waals surface area contributed by atoms with Crippen molar-refractivity contribution in [2.45, 2.75) is 45.8 Å². The van der Waals surface area contributed by atoms with E-state index in [1.807, 2.05) is 13.8 Å². The summed E-state index contributed by atoms with van der Waals surface area (Å²) in [6, 6.07) is 11.1. The molecule has 144 valence electrons. The molecule has 0 aliphatic rings. The molecule has 0 aliphatic heterocycles. The van der Waals surface area contributed by atoms with Crippen molar-refractivity contribution >= 4 is 11.8 Å². The van der Waals surface area contributed by atoms with E-state index in [2.05, 4.69) is 5.32 Å². The lowest BCUT2D eigenvalue weighted by Crippen LogP contribution is -2.49. The van der Waals surface area contributed by atoms with E-state index in [9.17, 15) is 18.4 Å². The first-order chi connectivity index (χ1) is 12.8. The molecule has 0 saturated heterocycles. The standard InChI is InChI=1S/C21H24F2N2O2/c1-14(2)24-21(27)15(3)25(13-17-9-5-7-11-19(17)23)20(26)12-16-8-4-6-10-18(16)22/h4-11,14-15H,12-13H2,1-3H3,(H,24,27). The lowest BCUT2D eigenvalue weighted by Gasteiger charge is -2.29. The number of nitrogens with zero attached hydrogens (tertiary/aromatic N) is 1. The van der Waals surface area contributed by atoms with Gasteiger partial charge < -0.3 is 10.2 Å². The van der Waals surface area contributed by atoms with Crippen LogP contribution in [0.5, 0.6) is 0 Å². The van der Waals surface area contributed by atoms with Crippen LogP contribution in [0.3, 0.4) is 0 Å². The normalized spacial score (nSPS) is 11.9. The molecule has 2 aromatic carbocycles. The third-order valence-electron chi connectivity index (χ3n) is 4.20. The van der Waals surface area contributed by atoms with Gasteiger partial charge in [0, 0.05) is 18.2 Å². The van der Waals surface area contributed by atoms with Crippen molar-refractivity contribution in [1.82, 2.24) is 10.2 Å². The Balaban J connectivity index is 2.27. The highest BCUT2D eigenvalue weighted by atomic mass is 19.1. The zero-order valence-corrected chi connectivity index (χ0v) is 15.7. The molecule has 1 N–H and O–H groups in total. The summed E-state index contributed by atoms with van der Waals surface area (Å²) >= 11 is 0. The van der Waals surface area contributed by atoms with Gasteiger partial charge in [0.15, 0.2) is 0 Å². The van der Waals surface area contributed by atoms with E-state index in [0.717, 1.165) is 0 Å². The maximum absolute atomic E-state index is 14.1. The third-order valence-corrected chi connectivity index (χ3v) is 4.20. The van der Waals surface area contributed by atoms with Crippen molar-refractivity contribution in [2.75, 3.05) is 0 Å². The maximum atomic E-state index is 14.1. The minimum absolute atomic E-state index is 0.0767. The summed E-state index contributed by atoms with van der Waals surface area (Å²) in [5.74, 6) is -1.74. The van der Waals surface area contributed by atoms with Crippen molar-refractivity contribution in [1.29, 1.82) is 0 Å². The van der Waals surface area contributed by atoms with Crippen molar-refractivity contribution in [3.8, 4) is 0 Å². The first-order valence-electron chi connectivity index (χ1n) is 8.86. The molecule has 0 aliphatic carbocycles. The Labute approximate surface area is 158 Å². The molecule has 0 aromatic heterocycles. The second-order valence-electron chi connectivity index (χ2n) is 6.72. The molecule has 4 nitrogen and oxygen atoms in total. The van der Waals surface area contributed by atoms with Gasteiger partial charge in [0.05, 0.1) is 6.42 Å². The van der Waals surface area contributed by atoms with Crippen LogP contribution in [0.1, 0.15) is 31.9 Å². The summed E-state index contributed by atoms with van der Waals surface area (Å²) in [6.45, 7) is 5.13. The van der Waals surface area contributed by atoms with E-state index in [1.165, 1.54) is 23.1 Å². The van der Waals surface area contributed by atoms with Crippen LogP contribution in [-0.4, -0.2) is 28.8 Å².